The summed E-state index contributed by atoms with van der Waals surface area (Å²) in [7, 11) is 0. The van der Waals surface area contributed by atoms with E-state index < -0.39 is 42.4 Å². The van der Waals surface area contributed by atoms with Crippen LogP contribution < -0.4 is 11.2 Å². The second kappa shape index (κ2) is 5.25. The number of aromatic amines is 1. The highest BCUT2D eigenvalue weighted by molar-refractivity contribution is 5.05. The smallest absolute Gasteiger partial charge is 0.330 e. The van der Waals surface area contributed by atoms with Crippen molar-refractivity contribution >= 4 is 0 Å². The molecule has 0 bridgehead atoms. The van der Waals surface area contributed by atoms with Gasteiger partial charge in [-0.2, -0.15) is 0 Å². The summed E-state index contributed by atoms with van der Waals surface area (Å²) in [6, 6.07) is 0. The van der Waals surface area contributed by atoms with Gasteiger partial charge in [-0.15, -0.1) is 0 Å². The van der Waals surface area contributed by atoms with Gasteiger partial charge in [0.1, 0.15) is 18.3 Å². The van der Waals surface area contributed by atoms with Gasteiger partial charge in [0.15, 0.2) is 6.23 Å². The minimum Gasteiger partial charge on any atom is -0.394 e. The molecule has 0 radical (unpaired) electrons. The highest BCUT2D eigenvalue weighted by atomic mass is 16.6. The van der Waals surface area contributed by atoms with Gasteiger partial charge < -0.3 is 25.0 Å². The first-order valence-electron chi connectivity index (χ1n) is 5.96. The van der Waals surface area contributed by atoms with E-state index in [1.807, 2.05) is 0 Å². The van der Waals surface area contributed by atoms with Gasteiger partial charge in [-0.3, -0.25) is 4.79 Å². The lowest BCUT2D eigenvalue weighted by atomic mass is 10.1. The molecule has 1 fully saturated rings. The number of aliphatic hydroxyl groups excluding tert-OH is 3. The van der Waals surface area contributed by atoms with E-state index in [2.05, 4.69) is 4.98 Å². The lowest BCUT2D eigenvalue weighted by Gasteiger charge is -2.16. The summed E-state index contributed by atoms with van der Waals surface area (Å²) in [5, 5.41) is 28.4. The summed E-state index contributed by atoms with van der Waals surface area (Å²) < 4.78 is 5.90. The Balaban J connectivity index is 2.49. The van der Waals surface area contributed by atoms with Gasteiger partial charge in [0.2, 0.25) is 0 Å². The summed E-state index contributed by atoms with van der Waals surface area (Å²) >= 11 is 0. The predicted octanol–water partition coefficient (Wildman–Crippen LogP) is -2.29. The molecule has 106 valence electrons. The summed E-state index contributed by atoms with van der Waals surface area (Å²) in [4.78, 5) is 26.2. The second-order valence-electron chi connectivity index (χ2n) is 4.38. The number of ether oxygens (including phenoxy) is 1. The fourth-order valence-corrected chi connectivity index (χ4v) is 2.10. The summed E-state index contributed by atoms with van der Waals surface area (Å²) in [6.07, 6.45) is -3.44. The molecule has 19 heavy (non-hydrogen) atoms. The number of aromatic nitrogens is 2. The molecule has 1 saturated heterocycles. The standard InChI is InChI=1S/C11H16N2O6/c1-2-5-3-12-11(18)13(9(5)17)10-8(16)7(15)6(4-14)19-10/h3,6-8,10,14-16H,2,4H2,1H3,(H,12,18)/t6-,7-,8+,10-/m1/s1. The molecule has 8 nitrogen and oxygen atoms in total. The topological polar surface area (TPSA) is 125 Å². The normalized spacial score (nSPS) is 30.7. The van der Waals surface area contributed by atoms with Gasteiger partial charge in [0, 0.05) is 11.8 Å². The van der Waals surface area contributed by atoms with Crippen molar-refractivity contribution in [2.75, 3.05) is 6.61 Å². The van der Waals surface area contributed by atoms with Crippen LogP contribution in [0.15, 0.2) is 15.8 Å². The Hall–Kier alpha value is -1.48. The number of hydrogen-bond acceptors (Lipinski definition) is 6. The number of aliphatic hydroxyl groups is 3. The molecule has 0 saturated carbocycles. The van der Waals surface area contributed by atoms with Crippen LogP contribution in [0.2, 0.25) is 0 Å². The van der Waals surface area contributed by atoms with E-state index in [4.69, 9.17) is 9.84 Å². The average Bonchev–Trinajstić information content (AvgIpc) is 2.67. The van der Waals surface area contributed by atoms with Crippen LogP contribution in [-0.2, 0) is 11.2 Å². The number of rotatable bonds is 3. The summed E-state index contributed by atoms with van der Waals surface area (Å²) in [6.45, 7) is 1.23. The van der Waals surface area contributed by atoms with Gasteiger partial charge in [-0.1, -0.05) is 6.92 Å². The molecule has 0 spiro atoms. The minimum absolute atomic E-state index is 0.359. The first-order valence-corrected chi connectivity index (χ1v) is 5.96. The largest absolute Gasteiger partial charge is 0.394 e. The monoisotopic (exact) mass is 272 g/mol. The number of nitrogens with zero attached hydrogens (tertiary/aromatic N) is 1. The van der Waals surface area contributed by atoms with Crippen LogP contribution in [0, 0.1) is 0 Å². The lowest BCUT2D eigenvalue weighted by Crippen LogP contribution is -2.43. The van der Waals surface area contributed by atoms with Gasteiger partial charge in [-0.05, 0) is 6.42 Å². The SMILES string of the molecule is CCc1c[nH]c(=O)n([C@@H]2O[C@H](CO)[C@@H](O)[C@@H]2O)c1=O. The Morgan fingerprint density at radius 3 is 2.58 bits per heavy atom. The molecule has 2 rings (SSSR count). The number of H-pyrrole nitrogens is 1. The first kappa shape index (κ1) is 13.9. The van der Waals surface area contributed by atoms with Crippen molar-refractivity contribution in [3.63, 3.8) is 0 Å². The van der Waals surface area contributed by atoms with E-state index >= 15 is 0 Å². The lowest BCUT2D eigenvalue weighted by molar-refractivity contribution is -0.0565. The van der Waals surface area contributed by atoms with Crippen LogP contribution in [0.1, 0.15) is 18.7 Å². The maximum absolute atomic E-state index is 12.1. The maximum Gasteiger partial charge on any atom is 0.330 e. The molecule has 4 N–H and O–H groups in total. The molecular weight excluding hydrogens is 256 g/mol. The average molecular weight is 272 g/mol. The second-order valence-corrected chi connectivity index (χ2v) is 4.38. The quantitative estimate of drug-likeness (QED) is 0.491. The Morgan fingerprint density at radius 1 is 1.37 bits per heavy atom. The van der Waals surface area contributed by atoms with E-state index in [0.29, 0.717) is 12.0 Å². The molecule has 1 aromatic heterocycles. The first-order chi connectivity index (χ1) is 9.01. The summed E-state index contributed by atoms with van der Waals surface area (Å²) in [5.41, 5.74) is -0.963. The molecule has 0 aliphatic carbocycles. The maximum atomic E-state index is 12.1. The zero-order valence-corrected chi connectivity index (χ0v) is 10.3. The third kappa shape index (κ3) is 2.23. The Kier molecular flexibility index (Phi) is 3.85. The van der Waals surface area contributed by atoms with E-state index in [1.165, 1.54) is 6.20 Å². The van der Waals surface area contributed by atoms with Crippen LogP contribution in [-0.4, -0.2) is 49.8 Å². The molecule has 0 amide bonds. The Bertz CT molecular complexity index is 565. The molecule has 2 heterocycles. The van der Waals surface area contributed by atoms with Crippen molar-refractivity contribution in [2.45, 2.75) is 37.9 Å². The third-order valence-electron chi connectivity index (χ3n) is 3.23. The fraction of sp³-hybridized carbons (Fsp3) is 0.636. The van der Waals surface area contributed by atoms with Crippen molar-refractivity contribution in [1.82, 2.24) is 9.55 Å². The molecule has 1 aliphatic heterocycles. The number of nitrogens with one attached hydrogen (secondary N) is 1. The van der Waals surface area contributed by atoms with Crippen molar-refractivity contribution in [2.24, 2.45) is 0 Å². The van der Waals surface area contributed by atoms with Gasteiger partial charge in [0.25, 0.3) is 5.56 Å². The Morgan fingerprint density at radius 2 is 2.05 bits per heavy atom. The van der Waals surface area contributed by atoms with Crippen molar-refractivity contribution in [3.05, 3.63) is 32.6 Å². The zero-order valence-electron chi connectivity index (χ0n) is 10.3. The minimum atomic E-state index is -1.46. The van der Waals surface area contributed by atoms with Crippen LogP contribution in [0.5, 0.6) is 0 Å². The van der Waals surface area contributed by atoms with Gasteiger partial charge in [-0.25, -0.2) is 9.36 Å². The summed E-state index contributed by atoms with van der Waals surface area (Å²) in [5.74, 6) is 0. The molecule has 8 heteroatoms. The van der Waals surface area contributed by atoms with Gasteiger partial charge >= 0.3 is 5.69 Å². The van der Waals surface area contributed by atoms with Crippen LogP contribution in [0.25, 0.3) is 0 Å². The molecule has 1 aliphatic rings. The van der Waals surface area contributed by atoms with Crippen LogP contribution >= 0.6 is 0 Å². The predicted molar refractivity (Wildman–Crippen MR) is 63.7 cm³/mol. The van der Waals surface area contributed by atoms with E-state index in [9.17, 15) is 19.8 Å². The molecule has 4 atom stereocenters. The molecule has 1 aromatic rings. The van der Waals surface area contributed by atoms with E-state index in [0.717, 1.165) is 4.57 Å². The van der Waals surface area contributed by atoms with Gasteiger partial charge in [0.05, 0.1) is 6.61 Å². The molecular formula is C11H16N2O6. The van der Waals surface area contributed by atoms with E-state index in [-0.39, 0.29) is 0 Å². The molecule has 0 aromatic carbocycles. The number of hydrogen-bond donors (Lipinski definition) is 4. The number of aryl methyl sites for hydroxylation is 1. The highest BCUT2D eigenvalue weighted by Crippen LogP contribution is 2.27. The van der Waals surface area contributed by atoms with Crippen LogP contribution in [0.3, 0.4) is 0 Å². The highest BCUT2D eigenvalue weighted by Gasteiger charge is 2.44. The van der Waals surface area contributed by atoms with Crippen molar-refractivity contribution in [1.29, 1.82) is 0 Å². The van der Waals surface area contributed by atoms with E-state index in [1.54, 1.807) is 6.92 Å². The van der Waals surface area contributed by atoms with Crippen molar-refractivity contribution < 1.29 is 20.1 Å². The molecule has 0 unspecified atom stereocenters. The fourth-order valence-electron chi connectivity index (χ4n) is 2.10. The van der Waals surface area contributed by atoms with Crippen molar-refractivity contribution in [3.8, 4) is 0 Å². The third-order valence-corrected chi connectivity index (χ3v) is 3.23. The Labute approximate surface area is 107 Å². The zero-order chi connectivity index (χ0) is 14.2. The van der Waals surface area contributed by atoms with Crippen LogP contribution in [0.4, 0.5) is 0 Å².